The second-order valence-electron chi connectivity index (χ2n) is 4.74. The fraction of sp³-hybridized carbons (Fsp3) is 0.111. The molecule has 2 aromatic carbocycles. The lowest BCUT2D eigenvalue weighted by Crippen LogP contribution is -2.21. The van der Waals surface area contributed by atoms with Crippen LogP contribution in [0.2, 0.25) is 0 Å². The first-order valence-corrected chi connectivity index (χ1v) is 6.78. The summed E-state index contributed by atoms with van der Waals surface area (Å²) in [6.07, 6.45) is 0.477. The topological polar surface area (TPSA) is 63.6 Å². The SMILES string of the molecule is C=CC(=O)C(C)Oc1ccc(C(=O)c2ccccc2)c(O)c1. The zero-order valence-corrected chi connectivity index (χ0v) is 12.2. The molecule has 0 saturated heterocycles. The lowest BCUT2D eigenvalue weighted by atomic mass is 10.0. The van der Waals surface area contributed by atoms with Crippen LogP contribution in [0.25, 0.3) is 0 Å². The number of phenolic OH excluding ortho intramolecular Hbond substituents is 1. The number of carbonyl (C=O) groups is 2. The maximum atomic E-state index is 12.3. The highest BCUT2D eigenvalue weighted by molar-refractivity contribution is 6.10. The number of hydrogen-bond acceptors (Lipinski definition) is 4. The van der Waals surface area contributed by atoms with E-state index in [1.165, 1.54) is 18.2 Å². The molecule has 0 aliphatic heterocycles. The summed E-state index contributed by atoms with van der Waals surface area (Å²) in [5.41, 5.74) is 0.669. The Labute approximate surface area is 128 Å². The number of phenols is 1. The molecular weight excluding hydrogens is 280 g/mol. The fourth-order valence-electron chi connectivity index (χ4n) is 1.95. The van der Waals surface area contributed by atoms with E-state index in [0.717, 1.165) is 0 Å². The van der Waals surface area contributed by atoms with Gasteiger partial charge >= 0.3 is 0 Å². The highest BCUT2D eigenvalue weighted by Crippen LogP contribution is 2.26. The predicted octanol–water partition coefficient (Wildman–Crippen LogP) is 3.15. The zero-order chi connectivity index (χ0) is 16.1. The van der Waals surface area contributed by atoms with Gasteiger partial charge in [-0.25, -0.2) is 0 Å². The van der Waals surface area contributed by atoms with Gasteiger partial charge in [-0.2, -0.15) is 0 Å². The van der Waals surface area contributed by atoms with Crippen LogP contribution in [0.4, 0.5) is 0 Å². The number of hydrogen-bond donors (Lipinski definition) is 1. The highest BCUT2D eigenvalue weighted by atomic mass is 16.5. The van der Waals surface area contributed by atoms with E-state index in [2.05, 4.69) is 6.58 Å². The number of ketones is 2. The summed E-state index contributed by atoms with van der Waals surface area (Å²) in [4.78, 5) is 23.7. The predicted molar refractivity (Wildman–Crippen MR) is 83.3 cm³/mol. The monoisotopic (exact) mass is 296 g/mol. The van der Waals surface area contributed by atoms with Gasteiger partial charge in [0.15, 0.2) is 17.7 Å². The maximum absolute atomic E-state index is 12.3. The molecule has 2 aromatic rings. The molecular formula is C18H16O4. The third-order valence-electron chi connectivity index (χ3n) is 3.16. The number of benzene rings is 2. The van der Waals surface area contributed by atoms with Crippen molar-refractivity contribution in [2.75, 3.05) is 0 Å². The van der Waals surface area contributed by atoms with Gasteiger partial charge in [0.05, 0.1) is 5.56 Å². The van der Waals surface area contributed by atoms with Crippen molar-refractivity contribution in [1.82, 2.24) is 0 Å². The second-order valence-corrected chi connectivity index (χ2v) is 4.74. The zero-order valence-electron chi connectivity index (χ0n) is 12.2. The van der Waals surface area contributed by atoms with E-state index in [0.29, 0.717) is 11.3 Å². The Morgan fingerprint density at radius 2 is 1.86 bits per heavy atom. The summed E-state index contributed by atoms with van der Waals surface area (Å²) in [7, 11) is 0. The molecule has 0 fully saturated rings. The number of ether oxygens (including phenoxy) is 1. The van der Waals surface area contributed by atoms with Crippen LogP contribution in [0.5, 0.6) is 11.5 Å². The van der Waals surface area contributed by atoms with Gasteiger partial charge in [0.1, 0.15) is 11.5 Å². The first kappa shape index (κ1) is 15.5. The van der Waals surface area contributed by atoms with Gasteiger partial charge in [0.2, 0.25) is 0 Å². The van der Waals surface area contributed by atoms with Gasteiger partial charge in [-0.05, 0) is 25.1 Å². The van der Waals surface area contributed by atoms with E-state index in [1.54, 1.807) is 37.3 Å². The number of carbonyl (C=O) groups excluding carboxylic acids is 2. The molecule has 1 unspecified atom stereocenters. The van der Waals surface area contributed by atoms with Crippen LogP contribution in [0.3, 0.4) is 0 Å². The molecule has 2 rings (SSSR count). The van der Waals surface area contributed by atoms with E-state index in [-0.39, 0.29) is 22.9 Å². The minimum Gasteiger partial charge on any atom is -0.507 e. The molecule has 1 N–H and O–H groups in total. The van der Waals surface area contributed by atoms with Gasteiger partial charge in [-0.3, -0.25) is 9.59 Å². The quantitative estimate of drug-likeness (QED) is 0.657. The largest absolute Gasteiger partial charge is 0.507 e. The van der Waals surface area contributed by atoms with Crippen LogP contribution in [0, 0.1) is 0 Å². The minimum atomic E-state index is -0.701. The maximum Gasteiger partial charge on any atom is 0.196 e. The van der Waals surface area contributed by atoms with Crippen LogP contribution in [0.15, 0.2) is 61.2 Å². The Kier molecular flexibility index (Phi) is 4.73. The number of rotatable bonds is 6. The van der Waals surface area contributed by atoms with E-state index in [1.807, 2.05) is 6.07 Å². The lowest BCUT2D eigenvalue weighted by molar-refractivity contribution is -0.120. The van der Waals surface area contributed by atoms with E-state index < -0.39 is 6.10 Å². The van der Waals surface area contributed by atoms with Crippen LogP contribution in [-0.4, -0.2) is 22.8 Å². The summed E-state index contributed by atoms with van der Waals surface area (Å²) in [5, 5.41) is 10.0. The molecule has 4 nitrogen and oxygen atoms in total. The van der Waals surface area contributed by atoms with Crippen molar-refractivity contribution < 1.29 is 19.4 Å². The fourth-order valence-corrected chi connectivity index (χ4v) is 1.95. The molecule has 0 aliphatic rings. The number of aromatic hydroxyl groups is 1. The van der Waals surface area contributed by atoms with Gasteiger partial charge in [0.25, 0.3) is 0 Å². The molecule has 22 heavy (non-hydrogen) atoms. The van der Waals surface area contributed by atoms with Crippen LogP contribution in [0.1, 0.15) is 22.8 Å². The van der Waals surface area contributed by atoms with E-state index in [4.69, 9.17) is 4.74 Å². The Bertz CT molecular complexity index is 704. The average molecular weight is 296 g/mol. The van der Waals surface area contributed by atoms with Crippen molar-refractivity contribution >= 4 is 11.6 Å². The van der Waals surface area contributed by atoms with Gasteiger partial charge in [-0.1, -0.05) is 36.9 Å². The standard InChI is InChI=1S/C18H16O4/c1-3-16(19)12(2)22-14-9-10-15(17(20)11-14)18(21)13-7-5-4-6-8-13/h3-12,20H,1H2,2H3. The van der Waals surface area contributed by atoms with Crippen molar-refractivity contribution in [3.8, 4) is 11.5 Å². The first-order chi connectivity index (χ1) is 10.5. The molecule has 0 aliphatic carbocycles. The van der Waals surface area contributed by atoms with E-state index >= 15 is 0 Å². The molecule has 0 heterocycles. The third kappa shape index (κ3) is 3.41. The molecule has 0 saturated carbocycles. The molecule has 112 valence electrons. The lowest BCUT2D eigenvalue weighted by Gasteiger charge is -2.13. The molecule has 4 heteroatoms. The minimum absolute atomic E-state index is 0.182. The third-order valence-corrected chi connectivity index (χ3v) is 3.16. The molecule has 0 radical (unpaired) electrons. The van der Waals surface area contributed by atoms with Crippen LogP contribution >= 0.6 is 0 Å². The van der Waals surface area contributed by atoms with Crippen molar-refractivity contribution in [1.29, 1.82) is 0 Å². The molecule has 1 atom stereocenters. The van der Waals surface area contributed by atoms with Crippen molar-refractivity contribution in [2.45, 2.75) is 13.0 Å². The Morgan fingerprint density at radius 1 is 1.18 bits per heavy atom. The normalized spacial score (nSPS) is 11.5. The van der Waals surface area contributed by atoms with E-state index in [9.17, 15) is 14.7 Å². The summed E-state index contributed by atoms with van der Waals surface area (Å²) < 4.78 is 5.40. The molecule has 0 bridgehead atoms. The Morgan fingerprint density at radius 3 is 2.45 bits per heavy atom. The molecule has 0 aromatic heterocycles. The van der Waals surface area contributed by atoms with Crippen molar-refractivity contribution in [3.05, 3.63) is 72.3 Å². The highest BCUT2D eigenvalue weighted by Gasteiger charge is 2.16. The van der Waals surface area contributed by atoms with Gasteiger partial charge in [-0.15, -0.1) is 0 Å². The molecule has 0 spiro atoms. The summed E-state index contributed by atoms with van der Waals surface area (Å²) >= 11 is 0. The van der Waals surface area contributed by atoms with Crippen molar-refractivity contribution in [3.63, 3.8) is 0 Å². The Balaban J connectivity index is 2.22. The average Bonchev–Trinajstić information content (AvgIpc) is 2.54. The van der Waals surface area contributed by atoms with Gasteiger partial charge < -0.3 is 9.84 Å². The summed E-state index contributed by atoms with van der Waals surface area (Å²) in [5.74, 6) is -0.418. The summed E-state index contributed by atoms with van der Waals surface area (Å²) in [6.45, 7) is 4.98. The smallest absolute Gasteiger partial charge is 0.196 e. The van der Waals surface area contributed by atoms with Gasteiger partial charge in [0, 0.05) is 11.6 Å². The summed E-state index contributed by atoms with van der Waals surface area (Å²) in [6, 6.07) is 13.0. The second kappa shape index (κ2) is 6.72. The molecule has 0 amide bonds. The first-order valence-electron chi connectivity index (χ1n) is 6.78. The Hall–Kier alpha value is -2.88. The van der Waals surface area contributed by atoms with Crippen molar-refractivity contribution in [2.24, 2.45) is 0 Å². The van der Waals surface area contributed by atoms with Crippen LogP contribution in [-0.2, 0) is 4.79 Å². The van der Waals surface area contributed by atoms with Crippen LogP contribution < -0.4 is 4.74 Å².